The van der Waals surface area contributed by atoms with Gasteiger partial charge in [0.05, 0.1) is 12.7 Å². The van der Waals surface area contributed by atoms with Crippen LogP contribution in [0.5, 0.6) is 5.75 Å². The fourth-order valence-electron chi connectivity index (χ4n) is 3.85. The zero-order valence-electron chi connectivity index (χ0n) is 14.5. The number of hydrogen-bond acceptors (Lipinski definition) is 4. The maximum atomic E-state index is 12.6. The van der Waals surface area contributed by atoms with Crippen LogP contribution >= 0.6 is 0 Å². The standard InChI is InChI=1S/C19H27NO4/c1-13-5-6-18(14(2)10-13)24-12-19(22)20-8-3-4-16(20)15-11-23-9-7-17(15)21/h5-6,10,15-17,21H,3-4,7-9,11-12H2,1-2H3/t15-,16-,17+/m1/s1. The van der Waals surface area contributed by atoms with Crippen molar-refractivity contribution in [1.29, 1.82) is 0 Å². The van der Waals surface area contributed by atoms with Crippen molar-refractivity contribution in [3.63, 3.8) is 0 Å². The van der Waals surface area contributed by atoms with Crippen molar-refractivity contribution in [2.75, 3.05) is 26.4 Å². The molecule has 1 amide bonds. The predicted octanol–water partition coefficient (Wildman–Crippen LogP) is 2.07. The molecule has 0 saturated carbocycles. The lowest BCUT2D eigenvalue weighted by Gasteiger charge is -2.36. The number of ether oxygens (including phenoxy) is 2. The summed E-state index contributed by atoms with van der Waals surface area (Å²) in [6, 6.07) is 6.02. The van der Waals surface area contributed by atoms with Gasteiger partial charge in [-0.1, -0.05) is 17.7 Å². The van der Waals surface area contributed by atoms with Crippen LogP contribution in [0.3, 0.4) is 0 Å². The Morgan fingerprint density at radius 3 is 2.96 bits per heavy atom. The van der Waals surface area contributed by atoms with E-state index in [1.54, 1.807) is 0 Å². The zero-order chi connectivity index (χ0) is 17.1. The van der Waals surface area contributed by atoms with Crippen LogP contribution in [0.25, 0.3) is 0 Å². The molecule has 2 aliphatic heterocycles. The van der Waals surface area contributed by atoms with E-state index < -0.39 is 0 Å². The third-order valence-electron chi connectivity index (χ3n) is 5.16. The van der Waals surface area contributed by atoms with E-state index in [0.717, 1.165) is 30.7 Å². The molecule has 0 aliphatic carbocycles. The molecule has 1 aromatic carbocycles. The van der Waals surface area contributed by atoms with Gasteiger partial charge < -0.3 is 19.5 Å². The Hall–Kier alpha value is -1.59. The van der Waals surface area contributed by atoms with Gasteiger partial charge in [0.2, 0.25) is 0 Å². The quantitative estimate of drug-likeness (QED) is 0.916. The normalized spacial score (nSPS) is 27.3. The van der Waals surface area contributed by atoms with Crippen LogP contribution < -0.4 is 4.74 Å². The first-order valence-electron chi connectivity index (χ1n) is 8.81. The molecule has 3 rings (SSSR count). The van der Waals surface area contributed by atoms with Crippen LogP contribution in [0.4, 0.5) is 0 Å². The van der Waals surface area contributed by atoms with E-state index in [4.69, 9.17) is 9.47 Å². The van der Waals surface area contributed by atoms with Crippen molar-refractivity contribution < 1.29 is 19.4 Å². The Labute approximate surface area is 143 Å². The third-order valence-corrected chi connectivity index (χ3v) is 5.16. The summed E-state index contributed by atoms with van der Waals surface area (Å²) in [6.07, 6.45) is 2.18. The van der Waals surface area contributed by atoms with Gasteiger partial charge in [-0.3, -0.25) is 4.79 Å². The smallest absolute Gasteiger partial charge is 0.260 e. The zero-order valence-corrected chi connectivity index (χ0v) is 14.5. The van der Waals surface area contributed by atoms with E-state index >= 15 is 0 Å². The second-order valence-electron chi connectivity index (χ2n) is 6.95. The molecule has 2 heterocycles. The summed E-state index contributed by atoms with van der Waals surface area (Å²) >= 11 is 0. The fourth-order valence-corrected chi connectivity index (χ4v) is 3.85. The van der Waals surface area contributed by atoms with Crippen molar-refractivity contribution >= 4 is 5.91 Å². The Morgan fingerprint density at radius 1 is 1.38 bits per heavy atom. The van der Waals surface area contributed by atoms with Gasteiger partial charge >= 0.3 is 0 Å². The second kappa shape index (κ2) is 7.53. The van der Waals surface area contributed by atoms with Gasteiger partial charge in [-0.2, -0.15) is 0 Å². The van der Waals surface area contributed by atoms with Crippen LogP contribution in [-0.4, -0.2) is 54.4 Å². The summed E-state index contributed by atoms with van der Waals surface area (Å²) in [4.78, 5) is 14.5. The minimum absolute atomic E-state index is 0.00440. The number of aryl methyl sites for hydroxylation is 2. The number of carbonyl (C=O) groups is 1. The molecular weight excluding hydrogens is 306 g/mol. The highest BCUT2D eigenvalue weighted by Crippen LogP contribution is 2.30. The van der Waals surface area contributed by atoms with E-state index in [-0.39, 0.29) is 30.6 Å². The molecule has 2 fully saturated rings. The van der Waals surface area contributed by atoms with Gasteiger partial charge in [-0.25, -0.2) is 0 Å². The topological polar surface area (TPSA) is 59.0 Å². The summed E-state index contributed by atoms with van der Waals surface area (Å²) in [5, 5.41) is 10.2. The number of rotatable bonds is 4. The lowest BCUT2D eigenvalue weighted by molar-refractivity contribution is -0.138. The number of likely N-dealkylation sites (tertiary alicyclic amines) is 1. The van der Waals surface area contributed by atoms with Gasteiger partial charge in [0.15, 0.2) is 6.61 Å². The summed E-state index contributed by atoms with van der Waals surface area (Å²) in [5.41, 5.74) is 2.22. The summed E-state index contributed by atoms with van der Waals surface area (Å²) < 4.78 is 11.3. The molecule has 0 unspecified atom stereocenters. The number of nitrogens with zero attached hydrogens (tertiary/aromatic N) is 1. The summed E-state index contributed by atoms with van der Waals surface area (Å²) in [6.45, 7) is 5.95. The monoisotopic (exact) mass is 333 g/mol. The Bertz CT molecular complexity index is 589. The number of carbonyl (C=O) groups excluding carboxylic acids is 1. The number of aliphatic hydroxyl groups excluding tert-OH is 1. The van der Waals surface area contributed by atoms with E-state index in [2.05, 4.69) is 0 Å². The predicted molar refractivity (Wildman–Crippen MR) is 91.1 cm³/mol. The first kappa shape index (κ1) is 17.2. The molecule has 2 aliphatic rings. The average molecular weight is 333 g/mol. The minimum atomic E-state index is -0.377. The highest BCUT2D eigenvalue weighted by atomic mass is 16.5. The van der Waals surface area contributed by atoms with E-state index in [1.165, 1.54) is 5.56 Å². The van der Waals surface area contributed by atoms with Crippen molar-refractivity contribution in [2.45, 2.75) is 45.3 Å². The molecule has 0 spiro atoms. The molecule has 5 nitrogen and oxygen atoms in total. The average Bonchev–Trinajstić information content (AvgIpc) is 3.03. The van der Waals surface area contributed by atoms with E-state index in [0.29, 0.717) is 19.6 Å². The van der Waals surface area contributed by atoms with Gasteiger partial charge in [0.1, 0.15) is 5.75 Å². The van der Waals surface area contributed by atoms with Gasteiger partial charge in [-0.05, 0) is 44.7 Å². The maximum Gasteiger partial charge on any atom is 0.260 e. The fraction of sp³-hybridized carbons (Fsp3) is 0.632. The van der Waals surface area contributed by atoms with Crippen molar-refractivity contribution in [2.24, 2.45) is 5.92 Å². The lowest BCUT2D eigenvalue weighted by atomic mass is 9.89. The Balaban J connectivity index is 1.61. The van der Waals surface area contributed by atoms with Crippen LogP contribution in [-0.2, 0) is 9.53 Å². The van der Waals surface area contributed by atoms with Crippen molar-refractivity contribution in [1.82, 2.24) is 4.90 Å². The molecule has 3 atom stereocenters. The highest BCUT2D eigenvalue weighted by molar-refractivity contribution is 5.78. The molecule has 0 radical (unpaired) electrons. The molecule has 0 bridgehead atoms. The SMILES string of the molecule is Cc1ccc(OCC(=O)N2CCC[C@@H]2[C@H]2COCC[C@@H]2O)c(C)c1. The molecule has 2 saturated heterocycles. The number of amides is 1. The summed E-state index contributed by atoms with van der Waals surface area (Å²) in [5.74, 6) is 0.771. The van der Waals surface area contributed by atoms with Crippen molar-refractivity contribution in [3.8, 4) is 5.75 Å². The van der Waals surface area contributed by atoms with Crippen LogP contribution in [0, 0.1) is 19.8 Å². The molecule has 1 N–H and O–H groups in total. The Morgan fingerprint density at radius 2 is 2.21 bits per heavy atom. The molecule has 0 aromatic heterocycles. The molecule has 5 heteroatoms. The third kappa shape index (κ3) is 3.73. The first-order valence-corrected chi connectivity index (χ1v) is 8.81. The molecular formula is C19H27NO4. The van der Waals surface area contributed by atoms with Gasteiger partial charge in [0, 0.05) is 25.1 Å². The van der Waals surface area contributed by atoms with Crippen LogP contribution in [0.2, 0.25) is 0 Å². The molecule has 132 valence electrons. The van der Waals surface area contributed by atoms with E-state index in [9.17, 15) is 9.90 Å². The van der Waals surface area contributed by atoms with Gasteiger partial charge in [-0.15, -0.1) is 0 Å². The first-order chi connectivity index (χ1) is 11.6. The van der Waals surface area contributed by atoms with E-state index in [1.807, 2.05) is 36.9 Å². The largest absolute Gasteiger partial charge is 0.484 e. The molecule has 1 aromatic rings. The lowest BCUT2D eigenvalue weighted by Crippen LogP contribution is -2.49. The Kier molecular flexibility index (Phi) is 5.41. The number of hydrogen-bond donors (Lipinski definition) is 1. The second-order valence-corrected chi connectivity index (χ2v) is 6.95. The summed E-state index contributed by atoms with van der Waals surface area (Å²) in [7, 11) is 0. The van der Waals surface area contributed by atoms with Crippen molar-refractivity contribution in [3.05, 3.63) is 29.3 Å². The highest BCUT2D eigenvalue weighted by Gasteiger charge is 2.39. The number of aliphatic hydroxyl groups is 1. The van der Waals surface area contributed by atoms with Crippen LogP contribution in [0.15, 0.2) is 18.2 Å². The van der Waals surface area contributed by atoms with Crippen LogP contribution in [0.1, 0.15) is 30.4 Å². The molecule has 24 heavy (non-hydrogen) atoms. The van der Waals surface area contributed by atoms with Gasteiger partial charge in [0.25, 0.3) is 5.91 Å². The minimum Gasteiger partial charge on any atom is -0.484 e. The maximum absolute atomic E-state index is 12.6. The number of benzene rings is 1.